The second-order valence-corrected chi connectivity index (χ2v) is 8.36. The van der Waals surface area contributed by atoms with E-state index in [1.807, 2.05) is 42.5 Å². The number of benzene rings is 2. The van der Waals surface area contributed by atoms with Crippen molar-refractivity contribution in [2.75, 3.05) is 18.0 Å². The number of hydrogen-bond acceptors (Lipinski definition) is 6. The Balaban J connectivity index is 1.20. The molecule has 2 aromatic carbocycles. The molecule has 1 aliphatic heterocycles. The van der Waals surface area contributed by atoms with E-state index >= 15 is 0 Å². The summed E-state index contributed by atoms with van der Waals surface area (Å²) < 4.78 is 21.9. The lowest BCUT2D eigenvalue weighted by molar-refractivity contribution is 0.143. The molecule has 0 bridgehead atoms. The van der Waals surface area contributed by atoms with Gasteiger partial charge in [-0.25, -0.2) is 13.9 Å². The molecular weight excluding hydrogens is 455 g/mol. The first kappa shape index (κ1) is 21.9. The zero-order valence-electron chi connectivity index (χ0n) is 18.1. The van der Waals surface area contributed by atoms with Gasteiger partial charge < -0.3 is 10.1 Å². The molecule has 1 atom stereocenters. The van der Waals surface area contributed by atoms with Gasteiger partial charge in [0, 0.05) is 18.3 Å². The van der Waals surface area contributed by atoms with Crippen LogP contribution in [0, 0.1) is 5.82 Å². The number of carbonyl (C=O) groups excluding carboxylic acids is 1. The van der Waals surface area contributed by atoms with Crippen LogP contribution in [0.4, 0.5) is 14.9 Å². The highest BCUT2D eigenvalue weighted by Gasteiger charge is 2.32. The third-order valence-electron chi connectivity index (χ3n) is 5.56. The lowest BCUT2D eigenvalue weighted by Crippen LogP contribution is -2.34. The van der Waals surface area contributed by atoms with E-state index in [0.717, 1.165) is 12.1 Å². The molecule has 0 spiro atoms. The van der Waals surface area contributed by atoms with Gasteiger partial charge in [-0.15, -0.1) is 5.10 Å². The van der Waals surface area contributed by atoms with Gasteiger partial charge in [0.1, 0.15) is 17.3 Å². The van der Waals surface area contributed by atoms with Gasteiger partial charge in [-0.1, -0.05) is 35.6 Å². The highest BCUT2D eigenvalue weighted by molar-refractivity contribution is 7.80. The van der Waals surface area contributed by atoms with Gasteiger partial charge in [-0.3, -0.25) is 9.88 Å². The topological polar surface area (TPSA) is 85.2 Å². The molecule has 4 aromatic rings. The number of carbonyl (C=O) groups is 1. The molecule has 3 heterocycles. The normalized spacial score (nSPS) is 15.5. The van der Waals surface area contributed by atoms with Crippen LogP contribution in [0.1, 0.15) is 12.1 Å². The SMILES string of the molecule is O=C1O[C@@H](CNC(=S)CCc2ccccn2)CN1c1ccc(-n2nnc3ccccc32)c(F)c1. The molecule has 0 unspecified atom stereocenters. The zero-order valence-corrected chi connectivity index (χ0v) is 18.9. The molecule has 0 aliphatic carbocycles. The zero-order chi connectivity index (χ0) is 23.5. The number of para-hydroxylation sites is 1. The Hall–Kier alpha value is -3.92. The average molecular weight is 477 g/mol. The molecule has 34 heavy (non-hydrogen) atoms. The summed E-state index contributed by atoms with van der Waals surface area (Å²) in [5, 5.41) is 11.3. The fourth-order valence-corrected chi connectivity index (χ4v) is 4.01. The van der Waals surface area contributed by atoms with Crippen molar-refractivity contribution < 1.29 is 13.9 Å². The number of thiocarbonyl (C=S) groups is 1. The summed E-state index contributed by atoms with van der Waals surface area (Å²) in [6, 6.07) is 17.6. The first-order chi connectivity index (χ1) is 16.6. The number of fused-ring (bicyclic) bond motifs is 1. The number of nitrogens with one attached hydrogen (secondary N) is 1. The highest BCUT2D eigenvalue weighted by Crippen LogP contribution is 2.26. The van der Waals surface area contributed by atoms with E-state index in [1.165, 1.54) is 15.6 Å². The van der Waals surface area contributed by atoms with Crippen LogP contribution in [0.25, 0.3) is 16.7 Å². The van der Waals surface area contributed by atoms with Gasteiger partial charge in [-0.05, 0) is 48.9 Å². The number of pyridine rings is 1. The number of hydrogen-bond donors (Lipinski definition) is 1. The fraction of sp³-hybridized carbons (Fsp3) is 0.208. The Labute approximate surface area is 200 Å². The largest absolute Gasteiger partial charge is 0.442 e. The standard InChI is InChI=1S/C24H21FN6O2S/c25-19-13-17(9-10-21(19)31-22-7-2-1-6-20(22)28-29-31)30-15-18(33-24(30)32)14-27-23(34)11-8-16-5-3-4-12-26-16/h1-7,9-10,12-13,18H,8,11,14-15H2,(H,27,34)/t18-/m0/s1. The van der Waals surface area contributed by atoms with E-state index in [4.69, 9.17) is 17.0 Å². The lowest BCUT2D eigenvalue weighted by atomic mass is 10.2. The quantitative estimate of drug-likeness (QED) is 0.406. The maximum Gasteiger partial charge on any atom is 0.414 e. The van der Waals surface area contributed by atoms with E-state index in [2.05, 4.69) is 20.6 Å². The minimum Gasteiger partial charge on any atom is -0.442 e. The number of aromatic nitrogens is 4. The Kier molecular flexibility index (Phi) is 6.13. The number of ether oxygens (including phenoxy) is 1. The van der Waals surface area contributed by atoms with Crippen molar-refractivity contribution in [1.29, 1.82) is 0 Å². The average Bonchev–Trinajstić information content (AvgIpc) is 3.45. The van der Waals surface area contributed by atoms with Gasteiger partial charge in [0.25, 0.3) is 0 Å². The molecule has 1 N–H and O–H groups in total. The Morgan fingerprint density at radius 2 is 2.03 bits per heavy atom. The van der Waals surface area contributed by atoms with Crippen molar-refractivity contribution in [3.8, 4) is 5.69 Å². The maximum atomic E-state index is 15.0. The molecule has 1 amide bonds. The van der Waals surface area contributed by atoms with Crippen LogP contribution in [0.15, 0.2) is 66.9 Å². The predicted octanol–water partition coefficient (Wildman–Crippen LogP) is 3.83. The molecular formula is C24H21FN6O2S. The van der Waals surface area contributed by atoms with Crippen LogP contribution < -0.4 is 10.2 Å². The second kappa shape index (κ2) is 9.52. The third-order valence-corrected chi connectivity index (χ3v) is 5.91. The van der Waals surface area contributed by atoms with Crippen LogP contribution in [-0.2, 0) is 11.2 Å². The van der Waals surface area contributed by atoms with E-state index in [9.17, 15) is 9.18 Å². The van der Waals surface area contributed by atoms with Crippen molar-refractivity contribution in [2.45, 2.75) is 18.9 Å². The number of amides is 1. The Bertz CT molecular complexity index is 1350. The van der Waals surface area contributed by atoms with Crippen LogP contribution in [0.2, 0.25) is 0 Å². The number of nitrogens with zero attached hydrogens (tertiary/aromatic N) is 5. The summed E-state index contributed by atoms with van der Waals surface area (Å²) in [5.74, 6) is -0.516. The van der Waals surface area contributed by atoms with Crippen LogP contribution >= 0.6 is 12.2 Å². The lowest BCUT2D eigenvalue weighted by Gasteiger charge is -2.15. The third kappa shape index (κ3) is 4.58. The molecule has 5 rings (SSSR count). The van der Waals surface area contributed by atoms with Gasteiger partial charge in [-0.2, -0.15) is 0 Å². The summed E-state index contributed by atoms with van der Waals surface area (Å²) in [6.45, 7) is 0.675. The van der Waals surface area contributed by atoms with Crippen molar-refractivity contribution in [3.05, 3.63) is 78.4 Å². The summed E-state index contributed by atoms with van der Waals surface area (Å²) in [7, 11) is 0. The van der Waals surface area contributed by atoms with Crippen molar-refractivity contribution in [3.63, 3.8) is 0 Å². The van der Waals surface area contributed by atoms with E-state index in [-0.39, 0.29) is 5.69 Å². The second-order valence-electron chi connectivity index (χ2n) is 7.87. The molecule has 10 heteroatoms. The molecule has 0 saturated carbocycles. The number of rotatable bonds is 7. The summed E-state index contributed by atoms with van der Waals surface area (Å²) in [5.41, 5.74) is 2.99. The molecule has 172 valence electrons. The molecule has 2 aromatic heterocycles. The Morgan fingerprint density at radius 1 is 1.18 bits per heavy atom. The summed E-state index contributed by atoms with van der Waals surface area (Å²) in [6.07, 6.45) is 2.21. The smallest absolute Gasteiger partial charge is 0.414 e. The van der Waals surface area contributed by atoms with Crippen LogP contribution in [0.3, 0.4) is 0 Å². The predicted molar refractivity (Wildman–Crippen MR) is 130 cm³/mol. The molecule has 8 nitrogen and oxygen atoms in total. The van der Waals surface area contributed by atoms with Gasteiger partial charge in [0.15, 0.2) is 5.82 Å². The maximum absolute atomic E-state index is 15.0. The molecule has 1 aliphatic rings. The van der Waals surface area contributed by atoms with Crippen molar-refractivity contribution in [1.82, 2.24) is 25.3 Å². The fourth-order valence-electron chi connectivity index (χ4n) is 3.82. The van der Waals surface area contributed by atoms with Crippen molar-refractivity contribution in [2.24, 2.45) is 0 Å². The molecule has 0 radical (unpaired) electrons. The molecule has 1 saturated heterocycles. The minimum absolute atomic E-state index is 0.251. The first-order valence-electron chi connectivity index (χ1n) is 10.8. The van der Waals surface area contributed by atoms with E-state index < -0.39 is 18.0 Å². The summed E-state index contributed by atoms with van der Waals surface area (Å²) >= 11 is 5.39. The van der Waals surface area contributed by atoms with E-state index in [0.29, 0.717) is 41.2 Å². The number of halogens is 1. The monoisotopic (exact) mass is 476 g/mol. The number of cyclic esters (lactones) is 1. The van der Waals surface area contributed by atoms with Crippen molar-refractivity contribution >= 4 is 40.0 Å². The number of aryl methyl sites for hydroxylation is 1. The Morgan fingerprint density at radius 3 is 2.85 bits per heavy atom. The van der Waals surface area contributed by atoms with Gasteiger partial charge in [0.2, 0.25) is 0 Å². The van der Waals surface area contributed by atoms with Gasteiger partial charge >= 0.3 is 6.09 Å². The van der Waals surface area contributed by atoms with Crippen LogP contribution in [-0.4, -0.2) is 50.3 Å². The number of anilines is 1. The van der Waals surface area contributed by atoms with Crippen LogP contribution in [0.5, 0.6) is 0 Å². The minimum atomic E-state index is -0.524. The first-order valence-corrected chi connectivity index (χ1v) is 11.2. The molecule has 1 fully saturated rings. The summed E-state index contributed by atoms with van der Waals surface area (Å²) in [4.78, 5) is 18.8. The highest BCUT2D eigenvalue weighted by atomic mass is 32.1. The van der Waals surface area contributed by atoms with E-state index in [1.54, 1.807) is 18.3 Å². The van der Waals surface area contributed by atoms with Gasteiger partial charge in [0.05, 0.1) is 29.3 Å².